The minimum Gasteiger partial charge on any atom is -0.340 e. The summed E-state index contributed by atoms with van der Waals surface area (Å²) in [4.78, 5) is 17.8. The number of carbonyl (C=O) groups is 1. The zero-order valence-electron chi connectivity index (χ0n) is 9.26. The number of imidazole rings is 1. The van der Waals surface area contributed by atoms with E-state index in [2.05, 4.69) is 11.1 Å². The second-order valence-electron chi connectivity index (χ2n) is 4.12. The molecule has 0 saturated carbocycles. The number of hydrogen-bond acceptors (Lipinski definition) is 3. The molecule has 2 rings (SSSR count). The second kappa shape index (κ2) is 4.35. The topological polar surface area (TPSA) is 61.9 Å². The summed E-state index contributed by atoms with van der Waals surface area (Å²) >= 11 is 0. The fourth-order valence-electron chi connectivity index (χ4n) is 1.90. The van der Waals surface area contributed by atoms with Crippen molar-refractivity contribution in [1.29, 1.82) is 5.26 Å². The van der Waals surface area contributed by atoms with Gasteiger partial charge in [0.1, 0.15) is 5.69 Å². The molecule has 0 bridgehead atoms. The van der Waals surface area contributed by atoms with E-state index in [4.69, 9.17) is 5.26 Å². The number of amides is 1. The lowest BCUT2D eigenvalue weighted by Crippen LogP contribution is -2.38. The van der Waals surface area contributed by atoms with Crippen LogP contribution in [0.4, 0.5) is 0 Å². The van der Waals surface area contributed by atoms with Crippen LogP contribution in [0, 0.1) is 17.2 Å². The van der Waals surface area contributed by atoms with Crippen molar-refractivity contribution in [2.75, 3.05) is 13.1 Å². The van der Waals surface area contributed by atoms with Gasteiger partial charge in [0.25, 0.3) is 5.91 Å². The minimum atomic E-state index is -0.0306. The summed E-state index contributed by atoms with van der Waals surface area (Å²) in [5, 5.41) is 8.77. The molecule has 1 aromatic rings. The van der Waals surface area contributed by atoms with Crippen molar-refractivity contribution in [3.8, 4) is 6.07 Å². The first-order chi connectivity index (χ1) is 7.70. The monoisotopic (exact) mass is 218 g/mol. The van der Waals surface area contributed by atoms with Crippen molar-refractivity contribution in [3.05, 3.63) is 18.2 Å². The number of aromatic nitrogens is 2. The summed E-state index contributed by atoms with van der Waals surface area (Å²) in [6, 6.07) is 2.25. The van der Waals surface area contributed by atoms with Crippen LogP contribution >= 0.6 is 0 Å². The number of likely N-dealkylation sites (tertiary alicyclic amines) is 1. The van der Waals surface area contributed by atoms with Crippen molar-refractivity contribution in [2.24, 2.45) is 13.0 Å². The number of piperidine rings is 1. The Hall–Kier alpha value is -1.83. The molecule has 0 aliphatic carbocycles. The van der Waals surface area contributed by atoms with E-state index in [1.54, 1.807) is 22.0 Å². The molecular weight excluding hydrogens is 204 g/mol. The predicted octanol–water partition coefficient (Wildman–Crippen LogP) is 0.796. The van der Waals surface area contributed by atoms with Crippen LogP contribution in [0.25, 0.3) is 0 Å². The molecule has 2 heterocycles. The summed E-state index contributed by atoms with van der Waals surface area (Å²) in [7, 11) is 1.84. The first kappa shape index (κ1) is 10.7. The van der Waals surface area contributed by atoms with Crippen molar-refractivity contribution >= 4 is 5.91 Å². The van der Waals surface area contributed by atoms with Crippen molar-refractivity contribution in [2.45, 2.75) is 12.8 Å². The maximum Gasteiger partial charge on any atom is 0.274 e. The van der Waals surface area contributed by atoms with Gasteiger partial charge in [-0.25, -0.2) is 4.98 Å². The molecule has 0 atom stereocenters. The molecular formula is C11H14N4O. The Bertz CT molecular complexity index is 423. The molecule has 0 spiro atoms. The number of hydrogen-bond donors (Lipinski definition) is 0. The molecule has 0 N–H and O–H groups in total. The standard InChI is InChI=1S/C11H14N4O/c1-14-7-10(13-8-14)11(16)15-4-2-9(6-12)3-5-15/h7-9H,2-5H2,1H3. The van der Waals surface area contributed by atoms with Crippen LogP contribution in [-0.4, -0.2) is 33.4 Å². The Morgan fingerprint density at radius 3 is 2.75 bits per heavy atom. The number of aryl methyl sites for hydroxylation is 1. The van der Waals surface area contributed by atoms with Crippen LogP contribution in [0.1, 0.15) is 23.3 Å². The van der Waals surface area contributed by atoms with Gasteiger partial charge in [-0.3, -0.25) is 4.79 Å². The average Bonchev–Trinajstić information content (AvgIpc) is 2.75. The Morgan fingerprint density at radius 2 is 2.25 bits per heavy atom. The van der Waals surface area contributed by atoms with Gasteiger partial charge in [-0.2, -0.15) is 5.26 Å². The summed E-state index contributed by atoms with van der Waals surface area (Å²) in [5.41, 5.74) is 0.484. The second-order valence-corrected chi connectivity index (χ2v) is 4.12. The lowest BCUT2D eigenvalue weighted by Gasteiger charge is -2.28. The van der Waals surface area contributed by atoms with Gasteiger partial charge in [0.05, 0.1) is 12.4 Å². The van der Waals surface area contributed by atoms with E-state index in [1.807, 2.05) is 7.05 Å². The van der Waals surface area contributed by atoms with E-state index < -0.39 is 0 Å². The Kier molecular flexibility index (Phi) is 2.91. The van der Waals surface area contributed by atoms with Crippen LogP contribution in [0.5, 0.6) is 0 Å². The average molecular weight is 218 g/mol. The van der Waals surface area contributed by atoms with Crippen LogP contribution < -0.4 is 0 Å². The molecule has 0 radical (unpaired) electrons. The largest absolute Gasteiger partial charge is 0.340 e. The fraction of sp³-hybridized carbons (Fsp3) is 0.545. The van der Waals surface area contributed by atoms with E-state index in [0.717, 1.165) is 12.8 Å². The number of rotatable bonds is 1. The maximum atomic E-state index is 12.0. The van der Waals surface area contributed by atoms with Gasteiger partial charge < -0.3 is 9.47 Å². The molecule has 16 heavy (non-hydrogen) atoms. The third-order valence-corrected chi connectivity index (χ3v) is 2.89. The highest BCUT2D eigenvalue weighted by atomic mass is 16.2. The van der Waals surface area contributed by atoms with Crippen LogP contribution in [0.3, 0.4) is 0 Å². The molecule has 1 fully saturated rings. The summed E-state index contributed by atoms with van der Waals surface area (Å²) < 4.78 is 1.76. The third kappa shape index (κ3) is 2.06. The minimum absolute atomic E-state index is 0.0306. The van der Waals surface area contributed by atoms with Gasteiger partial charge in [-0.05, 0) is 12.8 Å². The highest BCUT2D eigenvalue weighted by Crippen LogP contribution is 2.17. The zero-order valence-corrected chi connectivity index (χ0v) is 9.26. The van der Waals surface area contributed by atoms with E-state index in [0.29, 0.717) is 18.8 Å². The maximum absolute atomic E-state index is 12.0. The quantitative estimate of drug-likeness (QED) is 0.700. The molecule has 1 aliphatic rings. The number of carbonyl (C=O) groups excluding carboxylic acids is 1. The van der Waals surface area contributed by atoms with E-state index in [-0.39, 0.29) is 11.8 Å². The van der Waals surface area contributed by atoms with Crippen LogP contribution in [0.15, 0.2) is 12.5 Å². The SMILES string of the molecule is Cn1cnc(C(=O)N2CCC(C#N)CC2)c1. The molecule has 5 heteroatoms. The number of nitrogens with zero attached hydrogens (tertiary/aromatic N) is 4. The van der Waals surface area contributed by atoms with Gasteiger partial charge in [0, 0.05) is 32.3 Å². The first-order valence-corrected chi connectivity index (χ1v) is 5.37. The van der Waals surface area contributed by atoms with Gasteiger partial charge >= 0.3 is 0 Å². The lowest BCUT2D eigenvalue weighted by atomic mass is 9.98. The molecule has 1 aromatic heterocycles. The highest BCUT2D eigenvalue weighted by Gasteiger charge is 2.24. The number of nitriles is 1. The molecule has 1 amide bonds. The van der Waals surface area contributed by atoms with Gasteiger partial charge in [0.15, 0.2) is 0 Å². The Morgan fingerprint density at radius 1 is 1.56 bits per heavy atom. The first-order valence-electron chi connectivity index (χ1n) is 5.37. The van der Waals surface area contributed by atoms with Crippen molar-refractivity contribution in [3.63, 3.8) is 0 Å². The molecule has 0 unspecified atom stereocenters. The van der Waals surface area contributed by atoms with E-state index in [9.17, 15) is 4.79 Å². The fourth-order valence-corrected chi connectivity index (χ4v) is 1.90. The molecule has 0 aromatic carbocycles. The Labute approximate surface area is 94.3 Å². The van der Waals surface area contributed by atoms with Crippen molar-refractivity contribution < 1.29 is 4.79 Å². The van der Waals surface area contributed by atoms with Crippen LogP contribution in [-0.2, 0) is 7.05 Å². The van der Waals surface area contributed by atoms with Gasteiger partial charge in [-0.1, -0.05) is 0 Å². The summed E-state index contributed by atoms with van der Waals surface area (Å²) in [6.45, 7) is 1.32. The molecule has 1 saturated heterocycles. The van der Waals surface area contributed by atoms with E-state index >= 15 is 0 Å². The summed E-state index contributed by atoms with van der Waals surface area (Å²) in [5.74, 6) is 0.0739. The van der Waals surface area contributed by atoms with E-state index in [1.165, 1.54) is 0 Å². The third-order valence-electron chi connectivity index (χ3n) is 2.89. The predicted molar refractivity (Wildman–Crippen MR) is 57.4 cm³/mol. The van der Waals surface area contributed by atoms with Crippen molar-refractivity contribution in [1.82, 2.24) is 14.5 Å². The molecule has 1 aliphatic heterocycles. The highest BCUT2D eigenvalue weighted by molar-refractivity contribution is 5.92. The Balaban J connectivity index is 2.00. The molecule has 5 nitrogen and oxygen atoms in total. The lowest BCUT2D eigenvalue weighted by molar-refractivity contribution is 0.0702. The normalized spacial score (nSPS) is 17.1. The van der Waals surface area contributed by atoms with Crippen LogP contribution in [0.2, 0.25) is 0 Å². The van der Waals surface area contributed by atoms with Gasteiger partial charge in [-0.15, -0.1) is 0 Å². The smallest absolute Gasteiger partial charge is 0.274 e. The van der Waals surface area contributed by atoms with Gasteiger partial charge in [0.2, 0.25) is 0 Å². The summed E-state index contributed by atoms with van der Waals surface area (Å²) in [6.07, 6.45) is 4.89. The zero-order chi connectivity index (χ0) is 11.5. The molecule has 84 valence electrons.